The predicted octanol–water partition coefficient (Wildman–Crippen LogP) is 1.99. The molecule has 0 amide bonds. The van der Waals surface area contributed by atoms with E-state index in [-0.39, 0.29) is 6.04 Å². The number of nitrogens with zero attached hydrogens (tertiary/aromatic N) is 2. The number of rotatable bonds is 3. The fourth-order valence-corrected chi connectivity index (χ4v) is 2.87. The normalized spacial score (nSPS) is 23.4. The van der Waals surface area contributed by atoms with E-state index in [0.29, 0.717) is 12.0 Å². The molecule has 0 aliphatic carbocycles. The van der Waals surface area contributed by atoms with Gasteiger partial charge in [0, 0.05) is 20.2 Å². The maximum atomic E-state index is 5.66. The lowest BCUT2D eigenvalue weighted by Gasteiger charge is -2.30. The van der Waals surface area contributed by atoms with Gasteiger partial charge in [-0.15, -0.1) is 0 Å². The van der Waals surface area contributed by atoms with E-state index in [2.05, 4.69) is 36.1 Å². The molecule has 2 unspecified atom stereocenters. The first-order valence-electron chi connectivity index (χ1n) is 7.66. The van der Waals surface area contributed by atoms with E-state index < -0.39 is 0 Å². The number of hydrazine groups is 1. The minimum Gasteiger partial charge on any atom is -0.382 e. The Morgan fingerprint density at radius 3 is 2.65 bits per heavy atom. The van der Waals surface area contributed by atoms with E-state index in [4.69, 9.17) is 10.6 Å². The molecule has 1 fully saturated rings. The molecule has 0 radical (unpaired) electrons. The zero-order valence-electron chi connectivity index (χ0n) is 13.8. The Labute approximate surface area is 123 Å². The number of nitrogens with one attached hydrogen (secondary N) is 1. The number of methoxy groups -OCH3 is 1. The summed E-state index contributed by atoms with van der Waals surface area (Å²) >= 11 is 0. The number of nitrogens with two attached hydrogens (primary N) is 1. The van der Waals surface area contributed by atoms with Crippen LogP contribution in [0.25, 0.3) is 0 Å². The smallest absolute Gasteiger partial charge is 0.208 e. The summed E-state index contributed by atoms with van der Waals surface area (Å²) in [5.41, 5.74) is 3.14. The minimum atomic E-state index is 0.118. The number of hydrogen-bond acceptors (Lipinski definition) is 3. The van der Waals surface area contributed by atoms with Gasteiger partial charge in [0.2, 0.25) is 5.96 Å². The maximum absolute atomic E-state index is 5.66. The number of hydrogen-bond donors (Lipinski definition) is 2. The highest BCUT2D eigenvalue weighted by molar-refractivity contribution is 5.79. The summed E-state index contributed by atoms with van der Waals surface area (Å²) in [6, 6.07) is 0.118. The third kappa shape index (κ3) is 5.29. The molecule has 0 aromatic carbocycles. The van der Waals surface area contributed by atoms with Gasteiger partial charge >= 0.3 is 0 Å². The maximum Gasteiger partial charge on any atom is 0.208 e. The highest BCUT2D eigenvalue weighted by Crippen LogP contribution is 2.34. The topological polar surface area (TPSA) is 62.9 Å². The Morgan fingerprint density at radius 2 is 2.10 bits per heavy atom. The molecular formula is C15H32N4O. The molecule has 2 atom stereocenters. The van der Waals surface area contributed by atoms with E-state index in [1.807, 2.05) is 6.92 Å². The van der Waals surface area contributed by atoms with Crippen LogP contribution in [0.2, 0.25) is 0 Å². The van der Waals surface area contributed by atoms with Crippen molar-refractivity contribution in [3.05, 3.63) is 0 Å². The molecule has 1 heterocycles. The third-order valence-electron chi connectivity index (χ3n) is 4.13. The van der Waals surface area contributed by atoms with Crippen molar-refractivity contribution in [2.45, 2.75) is 53.0 Å². The summed E-state index contributed by atoms with van der Waals surface area (Å²) in [5, 5.41) is 0. The van der Waals surface area contributed by atoms with Crippen LogP contribution in [0.5, 0.6) is 0 Å². The Morgan fingerprint density at radius 1 is 1.40 bits per heavy atom. The fourth-order valence-electron chi connectivity index (χ4n) is 2.87. The summed E-state index contributed by atoms with van der Waals surface area (Å²) in [5.74, 6) is 7.22. The van der Waals surface area contributed by atoms with E-state index in [1.54, 1.807) is 7.11 Å². The summed E-state index contributed by atoms with van der Waals surface area (Å²) in [4.78, 5) is 6.89. The largest absolute Gasteiger partial charge is 0.382 e. The average molecular weight is 284 g/mol. The third-order valence-corrected chi connectivity index (χ3v) is 4.13. The van der Waals surface area contributed by atoms with E-state index in [1.165, 1.54) is 19.3 Å². The van der Waals surface area contributed by atoms with Gasteiger partial charge in [-0.1, -0.05) is 20.8 Å². The monoisotopic (exact) mass is 284 g/mol. The van der Waals surface area contributed by atoms with Gasteiger partial charge in [0.1, 0.15) is 0 Å². The van der Waals surface area contributed by atoms with Gasteiger partial charge in [-0.25, -0.2) is 10.8 Å². The summed E-state index contributed by atoms with van der Waals surface area (Å²) in [7, 11) is 1.70. The lowest BCUT2D eigenvalue weighted by Crippen LogP contribution is -2.46. The number of aliphatic imine (C=N–C) groups is 1. The van der Waals surface area contributed by atoms with Crippen LogP contribution in [0.15, 0.2) is 4.99 Å². The summed E-state index contributed by atoms with van der Waals surface area (Å²) < 4.78 is 5.13. The molecule has 5 heteroatoms. The van der Waals surface area contributed by atoms with E-state index >= 15 is 0 Å². The Balaban J connectivity index is 2.66. The molecule has 1 saturated heterocycles. The van der Waals surface area contributed by atoms with Gasteiger partial charge in [-0.2, -0.15) is 0 Å². The van der Waals surface area contributed by atoms with Crippen LogP contribution in [0, 0.1) is 11.3 Å². The van der Waals surface area contributed by atoms with Gasteiger partial charge in [0.05, 0.1) is 12.6 Å². The highest BCUT2D eigenvalue weighted by Gasteiger charge is 2.27. The molecule has 0 saturated carbocycles. The Kier molecular flexibility index (Phi) is 6.76. The van der Waals surface area contributed by atoms with Crippen molar-refractivity contribution >= 4 is 5.96 Å². The SMILES string of the molecule is COCC(C)N=C(NN)N1CCCC(C(C)(C)C)CC1. The average Bonchev–Trinajstić information content (AvgIpc) is 2.61. The van der Waals surface area contributed by atoms with Crippen LogP contribution in [-0.2, 0) is 4.74 Å². The molecule has 0 aromatic rings. The first-order chi connectivity index (χ1) is 9.38. The van der Waals surface area contributed by atoms with Gasteiger partial charge in [-0.05, 0) is 37.5 Å². The fraction of sp³-hybridized carbons (Fsp3) is 0.933. The van der Waals surface area contributed by atoms with Crippen LogP contribution in [0.3, 0.4) is 0 Å². The first kappa shape index (κ1) is 17.2. The number of guanidine groups is 1. The van der Waals surface area contributed by atoms with Crippen LogP contribution >= 0.6 is 0 Å². The zero-order valence-corrected chi connectivity index (χ0v) is 13.8. The second kappa shape index (κ2) is 7.84. The minimum absolute atomic E-state index is 0.118. The molecule has 1 aliphatic heterocycles. The van der Waals surface area contributed by atoms with Crippen molar-refractivity contribution in [3.63, 3.8) is 0 Å². The molecule has 0 bridgehead atoms. The molecule has 118 valence electrons. The van der Waals surface area contributed by atoms with Crippen molar-refractivity contribution in [3.8, 4) is 0 Å². The van der Waals surface area contributed by atoms with Crippen LogP contribution in [0.1, 0.15) is 47.0 Å². The molecule has 1 aliphatic rings. The first-order valence-corrected chi connectivity index (χ1v) is 7.66. The molecule has 5 nitrogen and oxygen atoms in total. The molecule has 0 spiro atoms. The predicted molar refractivity (Wildman–Crippen MR) is 84.5 cm³/mol. The van der Waals surface area contributed by atoms with E-state index in [9.17, 15) is 0 Å². The van der Waals surface area contributed by atoms with Gasteiger partial charge < -0.3 is 9.64 Å². The van der Waals surface area contributed by atoms with Gasteiger partial charge in [0.25, 0.3) is 0 Å². The lowest BCUT2D eigenvalue weighted by molar-refractivity contribution is 0.185. The second-order valence-corrected chi connectivity index (χ2v) is 6.88. The molecular weight excluding hydrogens is 252 g/mol. The number of likely N-dealkylation sites (tertiary alicyclic amines) is 1. The molecule has 3 N–H and O–H groups in total. The van der Waals surface area contributed by atoms with Gasteiger partial charge in [0.15, 0.2) is 0 Å². The van der Waals surface area contributed by atoms with Gasteiger partial charge in [-0.3, -0.25) is 5.43 Å². The van der Waals surface area contributed by atoms with Crippen molar-refractivity contribution in [2.24, 2.45) is 22.2 Å². The highest BCUT2D eigenvalue weighted by atomic mass is 16.5. The molecule has 20 heavy (non-hydrogen) atoms. The Hall–Kier alpha value is -0.810. The summed E-state index contributed by atoms with van der Waals surface area (Å²) in [6.45, 7) is 11.7. The molecule has 0 aromatic heterocycles. The Bertz CT molecular complexity index is 311. The lowest BCUT2D eigenvalue weighted by atomic mass is 9.77. The van der Waals surface area contributed by atoms with Crippen LogP contribution < -0.4 is 11.3 Å². The van der Waals surface area contributed by atoms with Crippen molar-refractivity contribution in [2.75, 3.05) is 26.8 Å². The van der Waals surface area contributed by atoms with Crippen molar-refractivity contribution < 1.29 is 4.74 Å². The van der Waals surface area contributed by atoms with Crippen molar-refractivity contribution in [1.82, 2.24) is 10.3 Å². The summed E-state index contributed by atoms with van der Waals surface area (Å²) in [6.07, 6.45) is 3.68. The second-order valence-electron chi connectivity index (χ2n) is 6.88. The molecule has 1 rings (SSSR count). The number of ether oxygens (including phenoxy) is 1. The van der Waals surface area contributed by atoms with Crippen molar-refractivity contribution in [1.29, 1.82) is 0 Å². The zero-order chi connectivity index (χ0) is 15.2. The van der Waals surface area contributed by atoms with Crippen LogP contribution in [-0.4, -0.2) is 43.7 Å². The van der Waals surface area contributed by atoms with Crippen LogP contribution in [0.4, 0.5) is 0 Å². The quantitative estimate of drug-likeness (QED) is 0.360. The van der Waals surface area contributed by atoms with E-state index in [0.717, 1.165) is 25.0 Å². The standard InChI is InChI=1S/C15H32N4O/c1-12(11-20-5)17-14(18-16)19-9-6-7-13(8-10-19)15(2,3)4/h12-13H,6-11,16H2,1-5H3,(H,17,18).